The van der Waals surface area contributed by atoms with Crippen LogP contribution in [0.1, 0.15) is 69.2 Å². The molecule has 0 saturated carbocycles. The van der Waals surface area contributed by atoms with Gasteiger partial charge in [-0.2, -0.15) is 4.98 Å². The number of rotatable bonds is 9. The van der Waals surface area contributed by atoms with E-state index in [-0.39, 0.29) is 23.9 Å². The zero-order valence-electron chi connectivity index (χ0n) is 22.7. The van der Waals surface area contributed by atoms with Crippen LogP contribution in [-0.4, -0.2) is 77.0 Å². The maximum atomic E-state index is 13.3. The number of hydrogen-bond acceptors (Lipinski definition) is 8. The molecule has 1 aromatic carbocycles. The number of hydrogen-bond donors (Lipinski definition) is 1. The Hall–Kier alpha value is -3.56. The molecule has 0 spiro atoms. The minimum absolute atomic E-state index is 0.0465. The first kappa shape index (κ1) is 26.5. The molecule has 1 saturated heterocycles. The summed E-state index contributed by atoms with van der Waals surface area (Å²) in [6.07, 6.45) is 0. The number of carbonyl (C=O) groups excluding carboxylic acids is 2. The number of ether oxygens (including phenoxy) is 2. The third-order valence-corrected chi connectivity index (χ3v) is 6.83. The predicted octanol–water partition coefficient (Wildman–Crippen LogP) is 3.48. The van der Waals surface area contributed by atoms with Crippen molar-refractivity contribution in [1.29, 1.82) is 0 Å². The SMILES string of the molecule is CCOc1ccc([C@@H](C)Nc2nc(N3CCN(C(C)=O)CC3)nc3c2CN(C(C)C)C3=O)c(OCC)c1. The van der Waals surface area contributed by atoms with Gasteiger partial charge < -0.3 is 29.5 Å². The molecule has 0 unspecified atom stereocenters. The number of anilines is 2. The van der Waals surface area contributed by atoms with Gasteiger partial charge in [-0.3, -0.25) is 9.59 Å². The second-order valence-electron chi connectivity index (χ2n) is 9.65. The minimum atomic E-state index is -0.151. The Kier molecular flexibility index (Phi) is 8.04. The van der Waals surface area contributed by atoms with Crippen molar-refractivity contribution in [2.75, 3.05) is 49.6 Å². The monoisotopic (exact) mass is 510 g/mol. The molecule has 4 rings (SSSR count). The Bertz CT molecular complexity index is 1150. The highest BCUT2D eigenvalue weighted by Crippen LogP contribution is 2.35. The van der Waals surface area contributed by atoms with Crippen molar-refractivity contribution in [3.63, 3.8) is 0 Å². The molecule has 1 atom stereocenters. The molecule has 10 nitrogen and oxygen atoms in total. The van der Waals surface area contributed by atoms with Crippen molar-refractivity contribution in [1.82, 2.24) is 19.8 Å². The fourth-order valence-electron chi connectivity index (χ4n) is 4.77. The summed E-state index contributed by atoms with van der Waals surface area (Å²) in [6.45, 7) is 15.6. The standard InChI is InChI=1S/C27H38N6O4/c1-7-36-20-9-10-21(23(15-20)37-8-2)18(5)28-25-22-16-33(17(3)4)26(35)24(22)29-27(30-25)32-13-11-31(12-14-32)19(6)34/h9-10,15,17-18H,7-8,11-14,16H2,1-6H3,(H,28,29,30)/t18-/m1/s1. The van der Waals surface area contributed by atoms with Gasteiger partial charge in [-0.1, -0.05) is 0 Å². The van der Waals surface area contributed by atoms with Crippen LogP contribution in [0, 0.1) is 0 Å². The van der Waals surface area contributed by atoms with E-state index in [1.807, 2.05) is 60.6 Å². The van der Waals surface area contributed by atoms with Gasteiger partial charge in [0.2, 0.25) is 11.9 Å². The van der Waals surface area contributed by atoms with Crippen LogP contribution in [0.5, 0.6) is 11.5 Å². The zero-order valence-corrected chi connectivity index (χ0v) is 22.7. The molecule has 0 radical (unpaired) electrons. The van der Waals surface area contributed by atoms with E-state index in [1.165, 1.54) is 0 Å². The molecule has 2 aromatic rings. The lowest BCUT2D eigenvalue weighted by Gasteiger charge is -2.34. The predicted molar refractivity (Wildman–Crippen MR) is 142 cm³/mol. The van der Waals surface area contributed by atoms with Gasteiger partial charge in [0.05, 0.1) is 25.8 Å². The van der Waals surface area contributed by atoms with Crippen molar-refractivity contribution in [2.45, 2.75) is 60.2 Å². The van der Waals surface area contributed by atoms with E-state index >= 15 is 0 Å². The van der Waals surface area contributed by atoms with Gasteiger partial charge in [0.1, 0.15) is 23.0 Å². The maximum absolute atomic E-state index is 13.3. The van der Waals surface area contributed by atoms with Crippen LogP contribution >= 0.6 is 0 Å². The molecule has 2 aliphatic rings. The zero-order chi connectivity index (χ0) is 26.7. The first-order chi connectivity index (χ1) is 17.7. The molecule has 1 fully saturated rings. The topological polar surface area (TPSA) is 100 Å². The van der Waals surface area contributed by atoms with Crippen LogP contribution in [0.4, 0.5) is 11.8 Å². The lowest BCUT2D eigenvalue weighted by atomic mass is 10.1. The number of benzene rings is 1. The average molecular weight is 511 g/mol. The van der Waals surface area contributed by atoms with E-state index < -0.39 is 0 Å². The summed E-state index contributed by atoms with van der Waals surface area (Å²) in [6, 6.07) is 5.75. The van der Waals surface area contributed by atoms with Gasteiger partial charge in [0, 0.05) is 56.3 Å². The Morgan fingerprint density at radius 3 is 2.38 bits per heavy atom. The molecule has 3 heterocycles. The number of carbonyl (C=O) groups is 2. The highest BCUT2D eigenvalue weighted by Gasteiger charge is 2.35. The van der Waals surface area contributed by atoms with Crippen LogP contribution in [0.25, 0.3) is 0 Å². The summed E-state index contributed by atoms with van der Waals surface area (Å²) in [5.74, 6) is 2.65. The summed E-state index contributed by atoms with van der Waals surface area (Å²) in [5, 5.41) is 3.55. The summed E-state index contributed by atoms with van der Waals surface area (Å²) in [7, 11) is 0. The fourth-order valence-corrected chi connectivity index (χ4v) is 4.77. The van der Waals surface area contributed by atoms with Gasteiger partial charge in [0.25, 0.3) is 5.91 Å². The largest absolute Gasteiger partial charge is 0.494 e. The van der Waals surface area contributed by atoms with Crippen LogP contribution < -0.4 is 19.7 Å². The van der Waals surface area contributed by atoms with Crippen molar-refractivity contribution in [2.24, 2.45) is 0 Å². The van der Waals surface area contributed by atoms with Crippen molar-refractivity contribution in [3.05, 3.63) is 35.0 Å². The lowest BCUT2D eigenvalue weighted by Crippen LogP contribution is -2.48. The van der Waals surface area contributed by atoms with Crippen molar-refractivity contribution in [3.8, 4) is 11.5 Å². The molecule has 1 N–H and O–H groups in total. The molecule has 1 aromatic heterocycles. The van der Waals surface area contributed by atoms with Gasteiger partial charge in [-0.25, -0.2) is 4.98 Å². The van der Waals surface area contributed by atoms with Crippen molar-refractivity contribution >= 4 is 23.6 Å². The summed E-state index contributed by atoms with van der Waals surface area (Å²) >= 11 is 0. The summed E-state index contributed by atoms with van der Waals surface area (Å²) in [4.78, 5) is 40.3. The number of piperazine rings is 1. The van der Waals surface area contributed by atoms with E-state index in [0.717, 1.165) is 22.6 Å². The molecule has 2 amide bonds. The van der Waals surface area contributed by atoms with E-state index in [4.69, 9.17) is 19.4 Å². The Morgan fingerprint density at radius 1 is 1.05 bits per heavy atom. The summed E-state index contributed by atoms with van der Waals surface area (Å²) in [5.41, 5.74) is 2.22. The fraction of sp³-hybridized carbons (Fsp3) is 0.556. The first-order valence-corrected chi connectivity index (χ1v) is 13.1. The molecular formula is C27H38N6O4. The third kappa shape index (κ3) is 5.57. The van der Waals surface area contributed by atoms with Crippen LogP contribution in [-0.2, 0) is 11.3 Å². The number of nitrogens with zero attached hydrogens (tertiary/aromatic N) is 5. The van der Waals surface area contributed by atoms with Gasteiger partial charge in [-0.15, -0.1) is 0 Å². The average Bonchev–Trinajstić information content (AvgIpc) is 3.21. The Labute approximate surface area is 218 Å². The van der Waals surface area contributed by atoms with Crippen LogP contribution in [0.3, 0.4) is 0 Å². The van der Waals surface area contributed by atoms with E-state index in [2.05, 4.69) is 12.2 Å². The molecule has 37 heavy (non-hydrogen) atoms. The Morgan fingerprint density at radius 2 is 1.76 bits per heavy atom. The Balaban J connectivity index is 1.67. The van der Waals surface area contributed by atoms with Crippen LogP contribution in [0.15, 0.2) is 18.2 Å². The molecule has 200 valence electrons. The van der Waals surface area contributed by atoms with E-state index in [9.17, 15) is 9.59 Å². The molecule has 0 aliphatic carbocycles. The molecule has 0 bridgehead atoms. The van der Waals surface area contributed by atoms with Gasteiger partial charge in [-0.05, 0) is 46.8 Å². The number of aromatic nitrogens is 2. The maximum Gasteiger partial charge on any atom is 0.273 e. The van der Waals surface area contributed by atoms with Gasteiger partial charge in [0.15, 0.2) is 0 Å². The lowest BCUT2D eigenvalue weighted by molar-refractivity contribution is -0.129. The molecule has 10 heteroatoms. The minimum Gasteiger partial charge on any atom is -0.494 e. The molecule has 2 aliphatic heterocycles. The first-order valence-electron chi connectivity index (χ1n) is 13.1. The number of amides is 2. The van der Waals surface area contributed by atoms with E-state index in [0.29, 0.717) is 63.4 Å². The van der Waals surface area contributed by atoms with E-state index in [1.54, 1.807) is 6.92 Å². The second-order valence-corrected chi connectivity index (χ2v) is 9.65. The normalized spacial score (nSPS) is 16.2. The van der Waals surface area contributed by atoms with Gasteiger partial charge >= 0.3 is 0 Å². The molecular weight excluding hydrogens is 472 g/mol. The highest BCUT2D eigenvalue weighted by molar-refractivity contribution is 5.98. The number of fused-ring (bicyclic) bond motifs is 1. The third-order valence-electron chi connectivity index (χ3n) is 6.83. The van der Waals surface area contributed by atoms with Crippen molar-refractivity contribution < 1.29 is 19.1 Å². The second kappa shape index (κ2) is 11.2. The number of nitrogens with one attached hydrogen (secondary N) is 1. The van der Waals surface area contributed by atoms with Crippen LogP contribution in [0.2, 0.25) is 0 Å². The smallest absolute Gasteiger partial charge is 0.273 e. The quantitative estimate of drug-likeness (QED) is 0.547. The summed E-state index contributed by atoms with van der Waals surface area (Å²) < 4.78 is 11.6. The highest BCUT2D eigenvalue weighted by atomic mass is 16.5.